The summed E-state index contributed by atoms with van der Waals surface area (Å²) < 4.78 is 36.1. The molecule has 3 fully saturated rings. The molecule has 0 aromatic heterocycles. The van der Waals surface area contributed by atoms with Crippen LogP contribution in [-0.2, 0) is 14.6 Å². The highest BCUT2D eigenvalue weighted by molar-refractivity contribution is 7.80. The summed E-state index contributed by atoms with van der Waals surface area (Å²) in [6, 6.07) is 0. The molecule has 5 nitrogen and oxygen atoms in total. The van der Waals surface area contributed by atoms with Gasteiger partial charge < -0.3 is 5.11 Å². The van der Waals surface area contributed by atoms with E-state index in [1.54, 1.807) is 0 Å². The second-order valence-electron chi connectivity index (χ2n) is 11.7. The van der Waals surface area contributed by atoms with Crippen molar-refractivity contribution in [1.29, 1.82) is 0 Å². The van der Waals surface area contributed by atoms with Crippen molar-refractivity contribution in [3.8, 4) is 0 Å². The van der Waals surface area contributed by atoms with Crippen LogP contribution in [0, 0.1) is 23.2 Å². The Morgan fingerprint density at radius 3 is 2.64 bits per heavy atom. The lowest BCUT2D eigenvalue weighted by Gasteiger charge is -2.44. The summed E-state index contributed by atoms with van der Waals surface area (Å²) in [4.78, 5) is 0. The van der Waals surface area contributed by atoms with Crippen LogP contribution in [-0.4, -0.2) is 29.8 Å². The van der Waals surface area contributed by atoms with Crippen LogP contribution in [0.4, 0.5) is 0 Å². The van der Waals surface area contributed by atoms with Crippen molar-refractivity contribution in [2.24, 2.45) is 23.2 Å². The van der Waals surface area contributed by atoms with Crippen molar-refractivity contribution in [2.45, 2.75) is 110 Å². The van der Waals surface area contributed by atoms with Gasteiger partial charge in [0.2, 0.25) is 0 Å². The highest BCUT2D eigenvalue weighted by Crippen LogP contribution is 2.60. The van der Waals surface area contributed by atoms with Crippen LogP contribution >= 0.6 is 0 Å². The van der Waals surface area contributed by atoms with E-state index in [0.717, 1.165) is 36.3 Å². The van der Waals surface area contributed by atoms with E-state index in [-0.39, 0.29) is 0 Å². The van der Waals surface area contributed by atoms with Crippen molar-refractivity contribution in [2.75, 3.05) is 0 Å². The number of allylic oxidation sites excluding steroid dienone is 4. The van der Waals surface area contributed by atoms with Gasteiger partial charge >= 0.3 is 10.4 Å². The summed E-state index contributed by atoms with van der Waals surface area (Å²) in [5.74, 6) is 1.99. The van der Waals surface area contributed by atoms with Crippen LogP contribution in [0.3, 0.4) is 0 Å². The SMILES string of the molecule is C=C1CC[C@H](OS(=O)(=O)O)C/C1=C/C=C1/CCC[C@]2(C)[C@@H]([C@H](C)CCCC(C)(C)O)CC[C@@H]12. The Kier molecular flexibility index (Phi) is 8.36. The zero-order valence-corrected chi connectivity index (χ0v) is 21.8. The molecule has 3 saturated carbocycles. The molecule has 2 N–H and O–H groups in total. The van der Waals surface area contributed by atoms with Crippen LogP contribution in [0.5, 0.6) is 0 Å². The van der Waals surface area contributed by atoms with E-state index in [1.165, 1.54) is 37.7 Å². The highest BCUT2D eigenvalue weighted by atomic mass is 32.3. The van der Waals surface area contributed by atoms with E-state index in [2.05, 4.69) is 32.6 Å². The number of fused-ring (bicyclic) bond motifs is 1. The third-order valence-corrected chi connectivity index (χ3v) is 9.11. The molecule has 0 aliphatic heterocycles. The zero-order chi connectivity index (χ0) is 24.4. The molecule has 0 unspecified atom stereocenters. The maximum absolute atomic E-state index is 11.1. The molecule has 5 atom stereocenters. The van der Waals surface area contributed by atoms with Crippen molar-refractivity contribution < 1.29 is 22.3 Å². The highest BCUT2D eigenvalue weighted by Gasteiger charge is 2.50. The maximum Gasteiger partial charge on any atom is 0.397 e. The smallest absolute Gasteiger partial charge is 0.390 e. The predicted molar refractivity (Wildman–Crippen MR) is 133 cm³/mol. The molecule has 0 spiro atoms. The second-order valence-corrected chi connectivity index (χ2v) is 12.8. The molecule has 0 aromatic carbocycles. The van der Waals surface area contributed by atoms with Gasteiger partial charge in [-0.2, -0.15) is 8.42 Å². The van der Waals surface area contributed by atoms with Crippen molar-refractivity contribution in [3.05, 3.63) is 35.5 Å². The molecule has 6 heteroatoms. The Morgan fingerprint density at radius 2 is 1.97 bits per heavy atom. The fourth-order valence-electron chi connectivity index (χ4n) is 6.91. The summed E-state index contributed by atoms with van der Waals surface area (Å²) in [5.41, 5.74) is 3.34. The fraction of sp³-hybridized carbons (Fsp3) is 0.778. The molecule has 0 bridgehead atoms. The minimum Gasteiger partial charge on any atom is -0.390 e. The van der Waals surface area contributed by atoms with Crippen molar-refractivity contribution in [1.82, 2.24) is 0 Å². The Balaban J connectivity index is 1.69. The summed E-state index contributed by atoms with van der Waals surface area (Å²) in [6.45, 7) is 12.9. The van der Waals surface area contributed by atoms with Gasteiger partial charge in [-0.3, -0.25) is 4.55 Å². The monoisotopic (exact) mass is 480 g/mol. The summed E-state index contributed by atoms with van der Waals surface area (Å²) in [5, 5.41) is 10.1. The third kappa shape index (κ3) is 7.03. The van der Waals surface area contributed by atoms with E-state index in [4.69, 9.17) is 8.74 Å². The Bertz CT molecular complexity index is 879. The molecule has 0 heterocycles. The predicted octanol–water partition coefficient (Wildman–Crippen LogP) is 6.56. The largest absolute Gasteiger partial charge is 0.397 e. The van der Waals surface area contributed by atoms with Gasteiger partial charge in [0.15, 0.2) is 0 Å². The normalized spacial score (nSPS) is 34.6. The van der Waals surface area contributed by atoms with E-state index in [9.17, 15) is 13.5 Å². The van der Waals surface area contributed by atoms with Crippen LogP contribution in [0.25, 0.3) is 0 Å². The summed E-state index contributed by atoms with van der Waals surface area (Å²) in [6.07, 6.45) is 14.8. The average molecular weight is 481 g/mol. The first-order chi connectivity index (χ1) is 15.3. The lowest BCUT2D eigenvalue weighted by molar-refractivity contribution is 0.0596. The molecular formula is C27H44O5S. The number of aliphatic hydroxyl groups is 1. The van der Waals surface area contributed by atoms with Crippen molar-refractivity contribution >= 4 is 10.4 Å². The van der Waals surface area contributed by atoms with E-state index < -0.39 is 22.1 Å². The Morgan fingerprint density at radius 1 is 1.24 bits per heavy atom. The zero-order valence-electron chi connectivity index (χ0n) is 21.0. The van der Waals surface area contributed by atoms with Gasteiger partial charge in [0.05, 0.1) is 11.7 Å². The molecule has 3 rings (SSSR count). The quantitative estimate of drug-likeness (QED) is 0.384. The van der Waals surface area contributed by atoms with E-state index in [0.29, 0.717) is 36.5 Å². The van der Waals surface area contributed by atoms with Gasteiger partial charge in [-0.15, -0.1) is 0 Å². The van der Waals surface area contributed by atoms with Gasteiger partial charge in [0.1, 0.15) is 0 Å². The maximum atomic E-state index is 11.1. The minimum absolute atomic E-state index is 0.330. The van der Waals surface area contributed by atoms with Gasteiger partial charge in [-0.05, 0) is 94.0 Å². The van der Waals surface area contributed by atoms with Crippen LogP contribution in [0.2, 0.25) is 0 Å². The summed E-state index contributed by atoms with van der Waals surface area (Å²) in [7, 11) is -4.44. The van der Waals surface area contributed by atoms with Crippen molar-refractivity contribution in [3.63, 3.8) is 0 Å². The van der Waals surface area contributed by atoms with Crippen LogP contribution in [0.15, 0.2) is 35.5 Å². The standard InChI is InChI=1S/C27H44O5S/c1-19-10-13-23(32-33(29,30)31)18-22(19)12-11-21-9-7-17-27(5)24(14-15-25(21)27)20(2)8-6-16-26(3,4)28/h11-12,20,23-25,28H,1,6-10,13-18H2,2-5H3,(H,29,30,31)/b21-11-,22-12-/t20-,23+,24-,25+,27-/m1/s1. The lowest BCUT2D eigenvalue weighted by atomic mass is 9.60. The van der Waals surface area contributed by atoms with E-state index in [1.807, 2.05) is 13.8 Å². The fourth-order valence-corrected chi connectivity index (χ4v) is 7.42. The number of rotatable bonds is 8. The Labute approximate surface area is 201 Å². The van der Waals surface area contributed by atoms with Gasteiger partial charge in [-0.1, -0.05) is 56.6 Å². The topological polar surface area (TPSA) is 83.8 Å². The molecule has 0 amide bonds. The molecular weight excluding hydrogens is 436 g/mol. The summed E-state index contributed by atoms with van der Waals surface area (Å²) >= 11 is 0. The lowest BCUT2D eigenvalue weighted by Crippen LogP contribution is -2.36. The number of hydrogen-bond acceptors (Lipinski definition) is 4. The first-order valence-electron chi connectivity index (χ1n) is 12.7. The molecule has 0 saturated heterocycles. The second kappa shape index (κ2) is 10.3. The van der Waals surface area contributed by atoms with Crippen LogP contribution < -0.4 is 0 Å². The first-order valence-corrected chi connectivity index (χ1v) is 14.1. The average Bonchev–Trinajstić information content (AvgIpc) is 3.03. The molecule has 0 aromatic rings. The Hall–Kier alpha value is -0.950. The molecule has 3 aliphatic carbocycles. The van der Waals surface area contributed by atoms with Crippen LogP contribution in [0.1, 0.15) is 98.3 Å². The van der Waals surface area contributed by atoms with E-state index >= 15 is 0 Å². The van der Waals surface area contributed by atoms with Gasteiger partial charge in [-0.25, -0.2) is 4.18 Å². The van der Waals surface area contributed by atoms with Gasteiger partial charge in [0, 0.05) is 6.42 Å². The molecule has 188 valence electrons. The molecule has 3 aliphatic rings. The third-order valence-electron chi connectivity index (χ3n) is 8.60. The minimum atomic E-state index is -4.44. The number of hydrogen-bond donors (Lipinski definition) is 2. The van der Waals surface area contributed by atoms with Gasteiger partial charge in [0.25, 0.3) is 0 Å². The molecule has 33 heavy (non-hydrogen) atoms. The first kappa shape index (κ1) is 26.7. The molecule has 0 radical (unpaired) electrons.